The van der Waals surface area contributed by atoms with Crippen LogP contribution in [-0.2, 0) is 0 Å². The van der Waals surface area contributed by atoms with Gasteiger partial charge in [-0.05, 0) is 56.6 Å². The highest BCUT2D eigenvalue weighted by molar-refractivity contribution is 5.20. The standard InChI is InChI=1S/C15H21N5/c1-12-16-18-20(17-12)15(13-6-4-3-5-7-13)14-8-10-19(2)11-9-14/h3-7,14-15H,8-11H2,1-2H3. The summed E-state index contributed by atoms with van der Waals surface area (Å²) in [6.07, 6.45) is 2.35. The number of tetrazole rings is 1. The van der Waals surface area contributed by atoms with Gasteiger partial charge in [-0.25, -0.2) is 0 Å². The topological polar surface area (TPSA) is 46.8 Å². The lowest BCUT2D eigenvalue weighted by Crippen LogP contribution is -2.35. The van der Waals surface area contributed by atoms with E-state index in [1.165, 1.54) is 18.4 Å². The molecule has 20 heavy (non-hydrogen) atoms. The molecule has 2 heterocycles. The van der Waals surface area contributed by atoms with Crippen molar-refractivity contribution in [3.05, 3.63) is 41.7 Å². The number of aryl methyl sites for hydroxylation is 1. The van der Waals surface area contributed by atoms with Crippen LogP contribution in [0.3, 0.4) is 0 Å². The molecule has 2 aromatic rings. The van der Waals surface area contributed by atoms with Crippen LogP contribution in [0.15, 0.2) is 30.3 Å². The summed E-state index contributed by atoms with van der Waals surface area (Å²) in [7, 11) is 2.19. The molecule has 1 unspecified atom stereocenters. The Morgan fingerprint density at radius 1 is 1.15 bits per heavy atom. The highest BCUT2D eigenvalue weighted by Crippen LogP contribution is 2.32. The van der Waals surface area contributed by atoms with Crippen LogP contribution in [0.1, 0.15) is 30.3 Å². The third kappa shape index (κ3) is 2.72. The Balaban J connectivity index is 1.91. The summed E-state index contributed by atoms with van der Waals surface area (Å²) < 4.78 is 0. The maximum Gasteiger partial charge on any atom is 0.171 e. The molecule has 1 aliphatic rings. The SMILES string of the molecule is Cc1nnn(C(c2ccccc2)C2CCN(C)CC2)n1. The van der Waals surface area contributed by atoms with Gasteiger partial charge in [0.1, 0.15) is 6.04 Å². The molecule has 0 bridgehead atoms. The quantitative estimate of drug-likeness (QED) is 0.855. The van der Waals surface area contributed by atoms with E-state index >= 15 is 0 Å². The molecule has 106 valence electrons. The minimum Gasteiger partial charge on any atom is -0.306 e. The van der Waals surface area contributed by atoms with Gasteiger partial charge in [0.25, 0.3) is 0 Å². The lowest BCUT2D eigenvalue weighted by atomic mass is 9.86. The number of hydrogen-bond donors (Lipinski definition) is 0. The Bertz CT molecular complexity index is 542. The molecular formula is C15H21N5. The molecule has 1 aromatic carbocycles. The van der Waals surface area contributed by atoms with Crippen LogP contribution in [0.4, 0.5) is 0 Å². The van der Waals surface area contributed by atoms with Gasteiger partial charge in [0.15, 0.2) is 5.82 Å². The van der Waals surface area contributed by atoms with E-state index in [1.807, 2.05) is 6.92 Å². The zero-order valence-corrected chi connectivity index (χ0v) is 12.1. The van der Waals surface area contributed by atoms with Crippen LogP contribution < -0.4 is 0 Å². The van der Waals surface area contributed by atoms with Crippen LogP contribution in [0, 0.1) is 12.8 Å². The second kappa shape index (κ2) is 5.71. The molecule has 5 heteroatoms. The Morgan fingerprint density at radius 3 is 2.45 bits per heavy atom. The monoisotopic (exact) mass is 271 g/mol. The summed E-state index contributed by atoms with van der Waals surface area (Å²) in [5.74, 6) is 1.31. The van der Waals surface area contributed by atoms with Crippen LogP contribution in [0.5, 0.6) is 0 Å². The minimum absolute atomic E-state index is 0.200. The van der Waals surface area contributed by atoms with Crippen molar-refractivity contribution in [3.8, 4) is 0 Å². The summed E-state index contributed by atoms with van der Waals surface area (Å²) in [4.78, 5) is 4.19. The van der Waals surface area contributed by atoms with Gasteiger partial charge in [0, 0.05) is 0 Å². The smallest absolute Gasteiger partial charge is 0.171 e. The summed E-state index contributed by atoms with van der Waals surface area (Å²) >= 11 is 0. The summed E-state index contributed by atoms with van der Waals surface area (Å²) in [5, 5.41) is 12.8. The second-order valence-corrected chi connectivity index (χ2v) is 5.65. The molecule has 0 N–H and O–H groups in total. The van der Waals surface area contributed by atoms with Crippen molar-refractivity contribution in [2.24, 2.45) is 5.92 Å². The summed E-state index contributed by atoms with van der Waals surface area (Å²) in [6, 6.07) is 10.8. The molecule has 0 radical (unpaired) electrons. The van der Waals surface area contributed by atoms with E-state index in [2.05, 4.69) is 57.7 Å². The van der Waals surface area contributed by atoms with Crippen LogP contribution in [0.25, 0.3) is 0 Å². The van der Waals surface area contributed by atoms with E-state index < -0.39 is 0 Å². The van der Waals surface area contributed by atoms with Gasteiger partial charge < -0.3 is 4.90 Å². The number of aromatic nitrogens is 4. The average Bonchev–Trinajstić information content (AvgIpc) is 2.89. The van der Waals surface area contributed by atoms with Gasteiger partial charge in [-0.3, -0.25) is 0 Å². The van der Waals surface area contributed by atoms with Crippen molar-refractivity contribution in [3.63, 3.8) is 0 Å². The maximum absolute atomic E-state index is 4.46. The molecular weight excluding hydrogens is 250 g/mol. The first-order valence-corrected chi connectivity index (χ1v) is 7.23. The van der Waals surface area contributed by atoms with Gasteiger partial charge >= 0.3 is 0 Å². The zero-order chi connectivity index (χ0) is 13.9. The Kier molecular flexibility index (Phi) is 3.78. The van der Waals surface area contributed by atoms with Crippen molar-refractivity contribution in [2.45, 2.75) is 25.8 Å². The fourth-order valence-corrected chi connectivity index (χ4v) is 3.01. The highest BCUT2D eigenvalue weighted by atomic mass is 15.6. The second-order valence-electron chi connectivity index (χ2n) is 5.65. The molecule has 1 saturated heterocycles. The lowest BCUT2D eigenvalue weighted by Gasteiger charge is -2.33. The third-order valence-electron chi connectivity index (χ3n) is 4.13. The van der Waals surface area contributed by atoms with E-state index in [9.17, 15) is 0 Å². The first kappa shape index (κ1) is 13.2. The molecule has 0 spiro atoms. The Morgan fingerprint density at radius 2 is 1.85 bits per heavy atom. The number of nitrogens with zero attached hydrogens (tertiary/aromatic N) is 5. The average molecular weight is 271 g/mol. The number of rotatable bonds is 3. The predicted molar refractivity (Wildman–Crippen MR) is 77.4 cm³/mol. The molecule has 1 atom stereocenters. The maximum atomic E-state index is 4.46. The van der Waals surface area contributed by atoms with Crippen molar-refractivity contribution in [1.29, 1.82) is 0 Å². The molecule has 1 aliphatic heterocycles. The molecule has 5 nitrogen and oxygen atoms in total. The van der Waals surface area contributed by atoms with Crippen LogP contribution >= 0.6 is 0 Å². The van der Waals surface area contributed by atoms with Crippen LogP contribution in [-0.4, -0.2) is 45.2 Å². The summed E-state index contributed by atoms with van der Waals surface area (Å²) in [6.45, 7) is 4.17. The number of likely N-dealkylation sites (tertiary alicyclic amines) is 1. The van der Waals surface area contributed by atoms with Crippen molar-refractivity contribution in [2.75, 3.05) is 20.1 Å². The first-order chi connectivity index (χ1) is 9.74. The van der Waals surface area contributed by atoms with E-state index in [4.69, 9.17) is 0 Å². The van der Waals surface area contributed by atoms with Crippen molar-refractivity contribution >= 4 is 0 Å². The van der Waals surface area contributed by atoms with Crippen LogP contribution in [0.2, 0.25) is 0 Å². The highest BCUT2D eigenvalue weighted by Gasteiger charge is 2.29. The van der Waals surface area contributed by atoms with Gasteiger partial charge in [-0.1, -0.05) is 30.3 Å². The molecule has 3 rings (SSSR count). The molecule has 0 saturated carbocycles. The van der Waals surface area contributed by atoms with E-state index in [1.54, 1.807) is 4.80 Å². The van der Waals surface area contributed by atoms with E-state index in [-0.39, 0.29) is 6.04 Å². The molecule has 0 amide bonds. The Hall–Kier alpha value is -1.75. The zero-order valence-electron chi connectivity index (χ0n) is 12.1. The normalized spacial score (nSPS) is 19.1. The first-order valence-electron chi connectivity index (χ1n) is 7.23. The van der Waals surface area contributed by atoms with Crippen molar-refractivity contribution < 1.29 is 0 Å². The number of benzene rings is 1. The van der Waals surface area contributed by atoms with Crippen molar-refractivity contribution in [1.82, 2.24) is 25.1 Å². The van der Waals surface area contributed by atoms with Gasteiger partial charge in [-0.2, -0.15) is 4.80 Å². The fourth-order valence-electron chi connectivity index (χ4n) is 3.01. The number of hydrogen-bond acceptors (Lipinski definition) is 4. The van der Waals surface area contributed by atoms with E-state index in [0.29, 0.717) is 5.92 Å². The molecule has 0 aliphatic carbocycles. The fraction of sp³-hybridized carbons (Fsp3) is 0.533. The molecule has 1 fully saturated rings. The Labute approximate surface area is 119 Å². The van der Waals surface area contributed by atoms with Gasteiger partial charge in [0.2, 0.25) is 0 Å². The van der Waals surface area contributed by atoms with E-state index in [0.717, 1.165) is 18.9 Å². The third-order valence-corrected chi connectivity index (χ3v) is 4.13. The molecule has 1 aromatic heterocycles. The lowest BCUT2D eigenvalue weighted by molar-refractivity contribution is 0.174. The minimum atomic E-state index is 0.200. The van der Waals surface area contributed by atoms with Gasteiger partial charge in [0.05, 0.1) is 0 Å². The summed E-state index contributed by atoms with van der Waals surface area (Å²) in [5.41, 5.74) is 1.28. The number of piperidine rings is 1. The van der Waals surface area contributed by atoms with Gasteiger partial charge in [-0.15, -0.1) is 10.2 Å². The predicted octanol–water partition coefficient (Wildman–Crippen LogP) is 1.91. The largest absolute Gasteiger partial charge is 0.306 e.